The molecule has 0 N–H and O–H groups in total. The predicted molar refractivity (Wildman–Crippen MR) is 112 cm³/mol. The van der Waals surface area contributed by atoms with Gasteiger partial charge in [-0.3, -0.25) is 14.8 Å². The van der Waals surface area contributed by atoms with Crippen molar-refractivity contribution in [1.29, 1.82) is 0 Å². The lowest BCUT2D eigenvalue weighted by atomic mass is 9.85. The summed E-state index contributed by atoms with van der Waals surface area (Å²) < 4.78 is 0. The first kappa shape index (κ1) is 18.5. The van der Waals surface area contributed by atoms with Gasteiger partial charge < -0.3 is 0 Å². The average Bonchev–Trinajstić information content (AvgIpc) is 2.73. The predicted octanol–water partition coefficient (Wildman–Crippen LogP) is 4.91. The molecular weight excluding hydrogens is 326 g/mol. The molecule has 1 aromatic rings. The van der Waals surface area contributed by atoms with Crippen LogP contribution >= 0.6 is 12.2 Å². The van der Waals surface area contributed by atoms with E-state index in [9.17, 15) is 0 Å². The lowest BCUT2D eigenvalue weighted by Crippen LogP contribution is -2.50. The molecule has 0 saturated carbocycles. The molecular formula is C21H31N3S. The Hall–Kier alpha value is -1.26. The quantitative estimate of drug-likeness (QED) is 0.701. The fraction of sp³-hybridized carbons (Fsp3) is 0.619. The molecule has 2 aliphatic rings. The van der Waals surface area contributed by atoms with Gasteiger partial charge in [0.25, 0.3) is 0 Å². The van der Waals surface area contributed by atoms with Crippen LogP contribution in [0.1, 0.15) is 53.9 Å². The van der Waals surface area contributed by atoms with E-state index in [1.165, 1.54) is 19.3 Å². The molecule has 25 heavy (non-hydrogen) atoms. The number of anilines is 1. The smallest absolute Gasteiger partial charge is 0.127 e. The van der Waals surface area contributed by atoms with Crippen LogP contribution in [0.2, 0.25) is 0 Å². The first-order valence-corrected chi connectivity index (χ1v) is 9.86. The maximum Gasteiger partial charge on any atom is 0.127 e. The number of likely N-dealkylation sites (tertiary alicyclic amines) is 1. The Morgan fingerprint density at radius 1 is 1.04 bits per heavy atom. The van der Waals surface area contributed by atoms with E-state index >= 15 is 0 Å². The highest BCUT2D eigenvalue weighted by Crippen LogP contribution is 2.41. The Morgan fingerprint density at radius 2 is 1.64 bits per heavy atom. The molecule has 3 rings (SSSR count). The highest BCUT2D eigenvalue weighted by atomic mass is 32.1. The summed E-state index contributed by atoms with van der Waals surface area (Å²) in [6.07, 6.45) is 3.88. The van der Waals surface area contributed by atoms with Crippen molar-refractivity contribution in [3.63, 3.8) is 0 Å². The van der Waals surface area contributed by atoms with Crippen molar-refractivity contribution in [2.45, 2.75) is 65.5 Å². The van der Waals surface area contributed by atoms with E-state index in [4.69, 9.17) is 17.2 Å². The molecule has 4 heteroatoms. The molecule has 3 nitrogen and oxygen atoms in total. The number of benzene rings is 1. The molecule has 0 bridgehead atoms. The second-order valence-corrected chi connectivity index (χ2v) is 9.22. The van der Waals surface area contributed by atoms with Gasteiger partial charge in [-0.2, -0.15) is 0 Å². The van der Waals surface area contributed by atoms with Gasteiger partial charge in [-0.15, -0.1) is 0 Å². The first-order chi connectivity index (χ1) is 11.7. The van der Waals surface area contributed by atoms with Crippen LogP contribution in [0.4, 0.5) is 5.69 Å². The van der Waals surface area contributed by atoms with Gasteiger partial charge in [-0.1, -0.05) is 50.7 Å². The van der Waals surface area contributed by atoms with Crippen molar-refractivity contribution in [2.75, 3.05) is 18.0 Å². The summed E-state index contributed by atoms with van der Waals surface area (Å²) in [7, 11) is 0. The summed E-state index contributed by atoms with van der Waals surface area (Å²) in [5.41, 5.74) is 0.891. The monoisotopic (exact) mass is 357 g/mol. The minimum atomic E-state index is -0.133. The SMILES string of the molecule is CC(C)(C)N=C1[C@@H](N2CCCCC2)C(C)(C)C(=S)N1c1ccccc1. The summed E-state index contributed by atoms with van der Waals surface area (Å²) in [4.78, 5) is 11.0. The van der Waals surface area contributed by atoms with E-state index in [1.807, 2.05) is 0 Å². The van der Waals surface area contributed by atoms with Crippen molar-refractivity contribution in [3.05, 3.63) is 30.3 Å². The van der Waals surface area contributed by atoms with Gasteiger partial charge in [-0.05, 0) is 58.8 Å². The van der Waals surface area contributed by atoms with E-state index < -0.39 is 0 Å². The van der Waals surface area contributed by atoms with Gasteiger partial charge in [0.1, 0.15) is 5.84 Å². The van der Waals surface area contributed by atoms with Crippen LogP contribution in [-0.2, 0) is 0 Å². The highest BCUT2D eigenvalue weighted by Gasteiger charge is 2.52. The number of hydrogen-bond donors (Lipinski definition) is 0. The molecule has 2 heterocycles. The zero-order chi connectivity index (χ0) is 18.2. The fourth-order valence-corrected chi connectivity index (χ4v) is 4.34. The molecule has 2 saturated heterocycles. The summed E-state index contributed by atoms with van der Waals surface area (Å²) in [5.74, 6) is 1.12. The summed E-state index contributed by atoms with van der Waals surface area (Å²) in [5, 5.41) is 0. The van der Waals surface area contributed by atoms with Gasteiger partial charge in [0.05, 0.1) is 16.6 Å². The molecule has 2 aliphatic heterocycles. The van der Waals surface area contributed by atoms with Crippen LogP contribution in [0.3, 0.4) is 0 Å². The van der Waals surface area contributed by atoms with E-state index in [2.05, 4.69) is 74.8 Å². The van der Waals surface area contributed by atoms with Gasteiger partial charge in [-0.25, -0.2) is 0 Å². The zero-order valence-electron chi connectivity index (χ0n) is 16.2. The molecule has 136 valence electrons. The van der Waals surface area contributed by atoms with Crippen LogP contribution < -0.4 is 4.90 Å². The molecule has 0 radical (unpaired) electrons. The van der Waals surface area contributed by atoms with Crippen LogP contribution in [0, 0.1) is 5.41 Å². The van der Waals surface area contributed by atoms with E-state index in [0.29, 0.717) is 0 Å². The van der Waals surface area contributed by atoms with Crippen molar-refractivity contribution in [3.8, 4) is 0 Å². The summed E-state index contributed by atoms with van der Waals surface area (Å²) in [6, 6.07) is 10.7. The topological polar surface area (TPSA) is 18.8 Å². The second kappa shape index (κ2) is 6.81. The number of piperidine rings is 1. The van der Waals surface area contributed by atoms with Gasteiger partial charge >= 0.3 is 0 Å². The number of thiocarbonyl (C=S) groups is 1. The molecule has 0 spiro atoms. The molecule has 1 atom stereocenters. The Bertz CT molecular complexity index is 651. The highest BCUT2D eigenvalue weighted by molar-refractivity contribution is 7.80. The third-order valence-corrected chi connectivity index (χ3v) is 5.84. The number of nitrogens with zero attached hydrogens (tertiary/aromatic N) is 3. The minimum absolute atomic E-state index is 0.105. The minimum Gasteiger partial charge on any atom is -0.293 e. The average molecular weight is 358 g/mol. The molecule has 1 aromatic carbocycles. The van der Waals surface area contributed by atoms with Crippen LogP contribution in [0.15, 0.2) is 35.3 Å². The Labute approximate surface area is 158 Å². The maximum atomic E-state index is 5.99. The molecule has 2 fully saturated rings. The molecule has 0 unspecified atom stereocenters. The lowest BCUT2D eigenvalue weighted by Gasteiger charge is -2.38. The van der Waals surface area contributed by atoms with Crippen LogP contribution in [0.5, 0.6) is 0 Å². The maximum absolute atomic E-state index is 5.99. The number of amidine groups is 1. The normalized spacial score (nSPS) is 26.4. The van der Waals surface area contributed by atoms with Gasteiger partial charge in [0.2, 0.25) is 0 Å². The Morgan fingerprint density at radius 3 is 2.20 bits per heavy atom. The second-order valence-electron chi connectivity index (χ2n) is 8.84. The number of hydrogen-bond acceptors (Lipinski definition) is 3. The zero-order valence-corrected chi connectivity index (χ0v) is 17.1. The molecule has 0 aliphatic carbocycles. The van der Waals surface area contributed by atoms with Gasteiger partial charge in [0, 0.05) is 11.1 Å². The fourth-order valence-electron chi connectivity index (χ4n) is 4.03. The number of aliphatic imine (C=N–C) groups is 1. The van der Waals surface area contributed by atoms with Crippen molar-refractivity contribution in [2.24, 2.45) is 10.4 Å². The van der Waals surface area contributed by atoms with Crippen molar-refractivity contribution in [1.82, 2.24) is 4.90 Å². The van der Waals surface area contributed by atoms with E-state index in [1.54, 1.807) is 0 Å². The number of rotatable bonds is 2. The van der Waals surface area contributed by atoms with Crippen LogP contribution in [0.25, 0.3) is 0 Å². The van der Waals surface area contributed by atoms with Crippen LogP contribution in [-0.4, -0.2) is 40.4 Å². The standard InChI is InChI=1S/C21H31N3S/c1-20(2,3)22-18-17(23-14-10-7-11-15-23)21(4,5)19(25)24(18)16-12-8-6-9-13-16/h6,8-9,12-13,17H,7,10-11,14-15H2,1-5H3/t17-/m1/s1. The Kier molecular flexibility index (Phi) is 5.04. The first-order valence-electron chi connectivity index (χ1n) is 9.45. The molecule has 0 amide bonds. The lowest BCUT2D eigenvalue weighted by molar-refractivity contribution is 0.154. The third kappa shape index (κ3) is 3.65. The van der Waals surface area contributed by atoms with Gasteiger partial charge in [0.15, 0.2) is 0 Å². The van der Waals surface area contributed by atoms with Crippen molar-refractivity contribution < 1.29 is 0 Å². The van der Waals surface area contributed by atoms with E-state index in [0.717, 1.165) is 29.6 Å². The summed E-state index contributed by atoms with van der Waals surface area (Å²) in [6.45, 7) is 13.4. The largest absolute Gasteiger partial charge is 0.293 e. The Balaban J connectivity index is 2.11. The van der Waals surface area contributed by atoms with Crippen molar-refractivity contribution >= 4 is 28.7 Å². The molecule has 0 aromatic heterocycles. The third-order valence-electron chi connectivity index (χ3n) is 5.13. The number of para-hydroxylation sites is 1. The summed E-state index contributed by atoms with van der Waals surface area (Å²) >= 11 is 5.99. The van der Waals surface area contributed by atoms with E-state index in [-0.39, 0.29) is 17.0 Å².